The van der Waals surface area contributed by atoms with Gasteiger partial charge in [0.05, 0.1) is 19.0 Å². The first-order valence-corrected chi connectivity index (χ1v) is 12.5. The molecular weight excluding hydrogens is 484 g/mol. The maximum atomic E-state index is 14.3. The van der Waals surface area contributed by atoms with Crippen molar-refractivity contribution in [3.8, 4) is 11.5 Å². The highest BCUT2D eigenvalue weighted by atomic mass is 32.2. The van der Waals surface area contributed by atoms with Gasteiger partial charge in [0.1, 0.15) is 34.0 Å². The van der Waals surface area contributed by atoms with Crippen LogP contribution in [0.5, 0.6) is 11.5 Å². The molecule has 0 amide bonds. The summed E-state index contributed by atoms with van der Waals surface area (Å²) >= 11 is 0. The second-order valence-electron chi connectivity index (χ2n) is 9.07. The molecule has 1 heterocycles. The van der Waals surface area contributed by atoms with Gasteiger partial charge in [0.2, 0.25) is 0 Å². The van der Waals surface area contributed by atoms with Gasteiger partial charge in [0.25, 0.3) is 6.43 Å². The molecule has 192 valence electrons. The van der Waals surface area contributed by atoms with Gasteiger partial charge in [0.15, 0.2) is 0 Å². The van der Waals surface area contributed by atoms with Crippen molar-refractivity contribution in [3.63, 3.8) is 0 Å². The van der Waals surface area contributed by atoms with E-state index in [-0.39, 0.29) is 5.56 Å². The number of aromatic nitrogens is 1. The Morgan fingerprint density at radius 3 is 1.86 bits per heavy atom. The number of ether oxygens (including phenoxy) is 2. The molecule has 0 bridgehead atoms. The first-order chi connectivity index (χ1) is 17.1. The fourth-order valence-corrected chi connectivity index (χ4v) is 4.02. The van der Waals surface area contributed by atoms with Gasteiger partial charge in [-0.15, -0.1) is 0 Å². The van der Waals surface area contributed by atoms with E-state index in [0.717, 1.165) is 22.6 Å². The van der Waals surface area contributed by atoms with Crippen LogP contribution in [0.2, 0.25) is 0 Å². The molecule has 0 unspecified atom stereocenters. The zero-order valence-electron chi connectivity index (χ0n) is 21.1. The summed E-state index contributed by atoms with van der Waals surface area (Å²) in [7, 11) is 1.33. The molecule has 0 fully saturated rings. The molecule has 9 heteroatoms. The molecule has 1 aromatic heterocycles. The zero-order chi connectivity index (χ0) is 26.3. The SMILES string of the molecule is COc1ccc(CN(Cc2ccc(OC)cc2)c2ncccc2/C(=N/[S@](=O)C(C)(C)C)C(F)F)cc1. The van der Waals surface area contributed by atoms with Gasteiger partial charge in [-0.05, 0) is 68.3 Å². The Bertz CT molecular complexity index is 1140. The molecule has 0 aliphatic rings. The lowest BCUT2D eigenvalue weighted by atomic mass is 10.1. The highest BCUT2D eigenvalue weighted by molar-refractivity contribution is 7.85. The standard InChI is InChI=1S/C27H31F2N3O3S/c1-27(2,3)36(33)31-24(25(28)29)23-7-6-16-30-26(23)32(17-19-8-12-21(34-4)13-9-19)18-20-10-14-22(35-5)15-11-20/h6-16,25H,17-18H2,1-5H3/b31-24-/t36-/m1/s1. The zero-order valence-corrected chi connectivity index (χ0v) is 21.9. The summed E-state index contributed by atoms with van der Waals surface area (Å²) in [6, 6.07) is 18.2. The van der Waals surface area contributed by atoms with Crippen molar-refractivity contribution in [3.05, 3.63) is 83.6 Å². The minimum Gasteiger partial charge on any atom is -0.497 e. The molecule has 36 heavy (non-hydrogen) atoms. The molecule has 0 aliphatic heterocycles. The van der Waals surface area contributed by atoms with Crippen LogP contribution in [0.25, 0.3) is 0 Å². The fourth-order valence-electron chi connectivity index (χ4n) is 3.39. The van der Waals surface area contributed by atoms with Crippen LogP contribution in [-0.4, -0.2) is 40.3 Å². The van der Waals surface area contributed by atoms with Crippen molar-refractivity contribution in [2.75, 3.05) is 19.1 Å². The topological polar surface area (TPSA) is 64.0 Å². The lowest BCUT2D eigenvalue weighted by Crippen LogP contribution is -2.28. The van der Waals surface area contributed by atoms with E-state index in [1.165, 1.54) is 0 Å². The summed E-state index contributed by atoms with van der Waals surface area (Å²) < 4.78 is 54.9. The van der Waals surface area contributed by atoms with Crippen LogP contribution in [0.1, 0.15) is 37.5 Å². The van der Waals surface area contributed by atoms with Gasteiger partial charge in [0, 0.05) is 24.8 Å². The van der Waals surface area contributed by atoms with Crippen molar-refractivity contribution in [2.24, 2.45) is 4.40 Å². The average molecular weight is 516 g/mol. The second-order valence-corrected chi connectivity index (χ2v) is 11.0. The Morgan fingerprint density at radius 2 is 1.44 bits per heavy atom. The van der Waals surface area contributed by atoms with Gasteiger partial charge in [-0.1, -0.05) is 24.3 Å². The molecule has 3 aromatic rings. The molecule has 1 atom stereocenters. The average Bonchev–Trinajstić information content (AvgIpc) is 2.87. The highest BCUT2D eigenvalue weighted by Crippen LogP contribution is 2.27. The number of methoxy groups -OCH3 is 2. The van der Waals surface area contributed by atoms with Crippen molar-refractivity contribution in [1.82, 2.24) is 4.98 Å². The van der Waals surface area contributed by atoms with Crippen molar-refractivity contribution < 1.29 is 22.5 Å². The third-order valence-electron chi connectivity index (χ3n) is 5.34. The summed E-state index contributed by atoms with van der Waals surface area (Å²) in [4.78, 5) is 6.37. The number of benzene rings is 2. The number of alkyl halides is 2. The van der Waals surface area contributed by atoms with Crippen molar-refractivity contribution in [2.45, 2.75) is 45.0 Å². The Balaban J connectivity index is 2.08. The van der Waals surface area contributed by atoms with E-state index in [9.17, 15) is 13.0 Å². The number of hydrogen-bond donors (Lipinski definition) is 0. The monoisotopic (exact) mass is 515 g/mol. The highest BCUT2D eigenvalue weighted by Gasteiger charge is 2.27. The van der Waals surface area contributed by atoms with E-state index in [1.54, 1.807) is 53.3 Å². The predicted molar refractivity (Wildman–Crippen MR) is 141 cm³/mol. The van der Waals surface area contributed by atoms with Crippen LogP contribution in [0.4, 0.5) is 14.6 Å². The molecule has 0 saturated carbocycles. The number of halogens is 2. The van der Waals surface area contributed by atoms with Gasteiger partial charge in [-0.3, -0.25) is 0 Å². The van der Waals surface area contributed by atoms with Crippen LogP contribution < -0.4 is 14.4 Å². The van der Waals surface area contributed by atoms with Gasteiger partial charge in [-0.2, -0.15) is 4.40 Å². The van der Waals surface area contributed by atoms with Crippen molar-refractivity contribution in [1.29, 1.82) is 0 Å². The normalized spacial score (nSPS) is 12.9. The minimum atomic E-state index is -2.93. The second kappa shape index (κ2) is 12.1. The largest absolute Gasteiger partial charge is 0.497 e. The number of nitrogens with zero attached hydrogens (tertiary/aromatic N) is 3. The smallest absolute Gasteiger partial charge is 0.281 e. The molecule has 6 nitrogen and oxygen atoms in total. The van der Waals surface area contributed by atoms with E-state index in [4.69, 9.17) is 9.47 Å². The summed E-state index contributed by atoms with van der Waals surface area (Å²) in [5, 5.41) is 0. The van der Waals surface area contributed by atoms with Crippen LogP contribution >= 0.6 is 0 Å². The minimum absolute atomic E-state index is 0.145. The molecule has 0 aliphatic carbocycles. The first kappa shape index (κ1) is 27.3. The van der Waals surface area contributed by atoms with E-state index in [0.29, 0.717) is 18.9 Å². The Labute approximate surface area is 213 Å². The fraction of sp³-hybridized carbons (Fsp3) is 0.333. The molecular formula is C27H31F2N3O3S. The van der Waals surface area contributed by atoms with Crippen molar-refractivity contribution >= 4 is 22.5 Å². The lowest BCUT2D eigenvalue weighted by Gasteiger charge is -2.27. The number of rotatable bonds is 10. The predicted octanol–water partition coefficient (Wildman–Crippen LogP) is 5.82. The number of hydrogen-bond acceptors (Lipinski definition) is 5. The Hall–Kier alpha value is -3.33. The van der Waals surface area contributed by atoms with Gasteiger partial charge in [-0.25, -0.2) is 18.0 Å². The molecule has 3 rings (SSSR count). The molecule has 0 saturated heterocycles. The van der Waals surface area contributed by atoms with Gasteiger partial charge >= 0.3 is 0 Å². The summed E-state index contributed by atoms with van der Waals surface area (Å²) in [6.45, 7) is 5.86. The third kappa shape index (κ3) is 7.10. The lowest BCUT2D eigenvalue weighted by molar-refractivity contribution is 0.226. The molecule has 0 spiro atoms. The quantitative estimate of drug-likeness (QED) is 0.318. The van der Waals surface area contributed by atoms with E-state index in [1.807, 2.05) is 53.4 Å². The molecule has 0 radical (unpaired) electrons. The summed E-state index contributed by atoms with van der Waals surface area (Å²) in [5.74, 6) is 1.76. The van der Waals surface area contributed by atoms with Crippen LogP contribution in [0.15, 0.2) is 71.3 Å². The maximum absolute atomic E-state index is 14.3. The van der Waals surface area contributed by atoms with Gasteiger partial charge < -0.3 is 14.4 Å². The van der Waals surface area contributed by atoms with E-state index < -0.39 is 27.9 Å². The maximum Gasteiger partial charge on any atom is 0.281 e. The number of anilines is 1. The molecule has 0 N–H and O–H groups in total. The third-order valence-corrected chi connectivity index (χ3v) is 6.75. The molecule has 2 aromatic carbocycles. The van der Waals surface area contributed by atoms with E-state index >= 15 is 0 Å². The number of pyridine rings is 1. The van der Waals surface area contributed by atoms with Crippen LogP contribution in [0, 0.1) is 0 Å². The van der Waals surface area contributed by atoms with Crippen LogP contribution in [-0.2, 0) is 24.1 Å². The van der Waals surface area contributed by atoms with Crippen LogP contribution in [0.3, 0.4) is 0 Å². The van der Waals surface area contributed by atoms with E-state index in [2.05, 4.69) is 9.38 Å². The Morgan fingerprint density at radius 1 is 0.944 bits per heavy atom. The summed E-state index contributed by atoms with van der Waals surface area (Å²) in [5.41, 5.74) is 1.48. The summed E-state index contributed by atoms with van der Waals surface area (Å²) in [6.07, 6.45) is -1.37. The Kier molecular flexibility index (Phi) is 9.14. The first-order valence-electron chi connectivity index (χ1n) is 11.4.